The number of hydrogen-bond acceptors (Lipinski definition) is 8. The van der Waals surface area contributed by atoms with Crippen molar-refractivity contribution in [1.82, 2.24) is 10.1 Å². The average molecular weight is 398 g/mol. The minimum absolute atomic E-state index is 0.222. The number of aliphatic hydroxyl groups is 2. The summed E-state index contributed by atoms with van der Waals surface area (Å²) in [7, 11) is 0. The van der Waals surface area contributed by atoms with Gasteiger partial charge in [0.15, 0.2) is 0 Å². The summed E-state index contributed by atoms with van der Waals surface area (Å²) in [5, 5.41) is 18.8. The van der Waals surface area contributed by atoms with Crippen molar-refractivity contribution in [3.05, 3.63) is 25.3 Å². The first-order chi connectivity index (χ1) is 13.4. The maximum absolute atomic E-state index is 12.5. The number of carbonyl (C=O) groups excluding carboxylic acids is 4. The Bertz CT molecular complexity index is 546. The molecule has 1 rings (SSSR count). The second kappa shape index (κ2) is 12.1. The number of rotatable bonds is 10. The van der Waals surface area contributed by atoms with Crippen LogP contribution in [0.3, 0.4) is 0 Å². The molecule has 0 atom stereocenters. The molecule has 0 spiro atoms. The Kier molecular flexibility index (Phi) is 10.2. The van der Waals surface area contributed by atoms with Crippen LogP contribution in [0, 0.1) is 11.8 Å². The Morgan fingerprint density at radius 3 is 1.36 bits per heavy atom. The molecule has 0 aromatic carbocycles. The summed E-state index contributed by atoms with van der Waals surface area (Å²) in [4.78, 5) is 58.7. The fraction of sp³-hybridized carbons (Fsp3) is 0.556. The molecule has 0 heterocycles. The van der Waals surface area contributed by atoms with Crippen molar-refractivity contribution in [3.63, 3.8) is 0 Å². The van der Waals surface area contributed by atoms with E-state index in [1.165, 1.54) is 0 Å². The predicted octanol–water partition coefficient (Wildman–Crippen LogP) is -0.277. The summed E-state index contributed by atoms with van der Waals surface area (Å²) in [6.07, 6.45) is 3.07. The number of amides is 4. The van der Waals surface area contributed by atoms with E-state index in [9.17, 15) is 19.2 Å². The van der Waals surface area contributed by atoms with E-state index in [1.807, 2.05) is 0 Å². The lowest BCUT2D eigenvalue weighted by Crippen LogP contribution is -2.44. The molecule has 0 aliphatic heterocycles. The van der Waals surface area contributed by atoms with Crippen molar-refractivity contribution in [2.75, 3.05) is 26.4 Å². The standard InChI is InChI=1S/C18H26N2O8/c1-3-15(23)19(27-11-9-21)17(25)13-5-7-14(8-6-13)18(26)20(16(24)4-2)28-12-10-22/h3-4,13-14,21-22H,1-2,5-12H2. The highest BCUT2D eigenvalue weighted by molar-refractivity contribution is 6.01. The molecule has 0 aromatic rings. The molecular formula is C18H26N2O8. The van der Waals surface area contributed by atoms with Crippen molar-refractivity contribution in [2.24, 2.45) is 11.8 Å². The Morgan fingerprint density at radius 2 is 1.11 bits per heavy atom. The number of imide groups is 2. The average Bonchev–Trinajstić information content (AvgIpc) is 2.73. The van der Waals surface area contributed by atoms with E-state index >= 15 is 0 Å². The van der Waals surface area contributed by atoms with Gasteiger partial charge in [0.25, 0.3) is 23.6 Å². The molecule has 10 heteroatoms. The van der Waals surface area contributed by atoms with Crippen molar-refractivity contribution in [1.29, 1.82) is 0 Å². The van der Waals surface area contributed by atoms with E-state index in [4.69, 9.17) is 19.9 Å². The van der Waals surface area contributed by atoms with Gasteiger partial charge >= 0.3 is 0 Å². The minimum Gasteiger partial charge on any atom is -0.394 e. The van der Waals surface area contributed by atoms with E-state index in [-0.39, 0.29) is 26.4 Å². The quantitative estimate of drug-likeness (QED) is 0.379. The molecule has 1 aliphatic carbocycles. The molecule has 0 bridgehead atoms. The number of nitrogens with zero attached hydrogens (tertiary/aromatic N) is 2. The SMILES string of the molecule is C=CC(=O)N(OCCO)C(=O)C1CCC(C(=O)N(OCCO)C(=O)C=C)CC1. The van der Waals surface area contributed by atoms with Gasteiger partial charge < -0.3 is 10.2 Å². The van der Waals surface area contributed by atoms with Crippen LogP contribution >= 0.6 is 0 Å². The fourth-order valence-electron chi connectivity index (χ4n) is 2.82. The molecule has 0 radical (unpaired) electrons. The van der Waals surface area contributed by atoms with E-state index in [2.05, 4.69) is 13.2 Å². The van der Waals surface area contributed by atoms with Crippen LogP contribution in [0.5, 0.6) is 0 Å². The van der Waals surface area contributed by atoms with Gasteiger partial charge in [-0.25, -0.2) is 0 Å². The van der Waals surface area contributed by atoms with Gasteiger partial charge in [-0.3, -0.25) is 28.9 Å². The number of hydroxylamine groups is 4. The first-order valence-electron chi connectivity index (χ1n) is 8.89. The third-order valence-electron chi connectivity index (χ3n) is 4.20. The van der Waals surface area contributed by atoms with E-state index in [0.29, 0.717) is 35.8 Å². The van der Waals surface area contributed by atoms with Gasteiger partial charge in [0, 0.05) is 11.8 Å². The highest BCUT2D eigenvalue weighted by Crippen LogP contribution is 2.31. The van der Waals surface area contributed by atoms with Crippen molar-refractivity contribution in [2.45, 2.75) is 25.7 Å². The second-order valence-corrected chi connectivity index (χ2v) is 6.01. The first-order valence-corrected chi connectivity index (χ1v) is 8.89. The van der Waals surface area contributed by atoms with Gasteiger partial charge in [0.05, 0.1) is 26.4 Å². The molecule has 2 N–H and O–H groups in total. The molecule has 0 saturated heterocycles. The molecule has 1 saturated carbocycles. The summed E-state index contributed by atoms with van der Waals surface area (Å²) in [6, 6.07) is 0. The number of aliphatic hydroxyl groups excluding tert-OH is 2. The van der Waals surface area contributed by atoms with E-state index < -0.39 is 35.5 Å². The van der Waals surface area contributed by atoms with Crippen LogP contribution in [0.25, 0.3) is 0 Å². The van der Waals surface area contributed by atoms with Gasteiger partial charge in [0.2, 0.25) is 0 Å². The van der Waals surface area contributed by atoms with Crippen LogP contribution in [0.4, 0.5) is 0 Å². The number of carbonyl (C=O) groups is 4. The third kappa shape index (κ3) is 6.34. The third-order valence-corrected chi connectivity index (χ3v) is 4.20. The highest BCUT2D eigenvalue weighted by Gasteiger charge is 2.37. The van der Waals surface area contributed by atoms with E-state index in [0.717, 1.165) is 12.2 Å². The smallest absolute Gasteiger partial charge is 0.276 e. The Morgan fingerprint density at radius 1 is 0.786 bits per heavy atom. The van der Waals surface area contributed by atoms with Crippen LogP contribution in [0.1, 0.15) is 25.7 Å². The molecule has 28 heavy (non-hydrogen) atoms. The zero-order valence-corrected chi connectivity index (χ0v) is 15.6. The molecule has 0 unspecified atom stereocenters. The zero-order chi connectivity index (χ0) is 21.1. The normalized spacial score (nSPS) is 18.8. The zero-order valence-electron chi connectivity index (χ0n) is 15.6. The maximum Gasteiger partial charge on any atom is 0.276 e. The van der Waals surface area contributed by atoms with Gasteiger partial charge in [0.1, 0.15) is 0 Å². The lowest BCUT2D eigenvalue weighted by Gasteiger charge is -2.31. The summed E-state index contributed by atoms with van der Waals surface area (Å²) >= 11 is 0. The molecular weight excluding hydrogens is 372 g/mol. The highest BCUT2D eigenvalue weighted by atomic mass is 16.7. The molecule has 0 aromatic heterocycles. The van der Waals surface area contributed by atoms with Crippen molar-refractivity contribution >= 4 is 23.6 Å². The van der Waals surface area contributed by atoms with Crippen LogP contribution in [0.2, 0.25) is 0 Å². The minimum atomic E-state index is -0.739. The molecule has 1 fully saturated rings. The Labute approximate surface area is 162 Å². The Balaban J connectivity index is 2.73. The van der Waals surface area contributed by atoms with Gasteiger partial charge in [-0.2, -0.15) is 0 Å². The molecule has 1 aliphatic rings. The first kappa shape index (κ1) is 23.6. The van der Waals surface area contributed by atoms with Crippen molar-refractivity contribution < 1.29 is 39.1 Å². The van der Waals surface area contributed by atoms with Gasteiger partial charge in [-0.1, -0.05) is 13.2 Å². The topological polar surface area (TPSA) is 134 Å². The van der Waals surface area contributed by atoms with Crippen LogP contribution in [-0.4, -0.2) is 70.4 Å². The van der Waals surface area contributed by atoms with Gasteiger partial charge in [-0.05, 0) is 37.8 Å². The largest absolute Gasteiger partial charge is 0.394 e. The van der Waals surface area contributed by atoms with Crippen LogP contribution in [-0.2, 0) is 28.9 Å². The Hall–Kier alpha value is -2.40. The monoisotopic (exact) mass is 398 g/mol. The second-order valence-electron chi connectivity index (χ2n) is 6.01. The van der Waals surface area contributed by atoms with Crippen molar-refractivity contribution in [3.8, 4) is 0 Å². The predicted molar refractivity (Wildman–Crippen MR) is 95.6 cm³/mol. The lowest BCUT2D eigenvalue weighted by molar-refractivity contribution is -0.201. The molecule has 4 amide bonds. The summed E-state index contributed by atoms with van der Waals surface area (Å²) in [5.41, 5.74) is 0. The van der Waals surface area contributed by atoms with Gasteiger partial charge in [-0.15, -0.1) is 10.1 Å². The lowest BCUT2D eigenvalue weighted by atomic mass is 9.81. The van der Waals surface area contributed by atoms with Crippen LogP contribution in [0.15, 0.2) is 25.3 Å². The number of hydrogen-bond donors (Lipinski definition) is 2. The van der Waals surface area contributed by atoms with E-state index in [1.54, 1.807) is 0 Å². The summed E-state index contributed by atoms with van der Waals surface area (Å²) in [5.74, 6) is -3.71. The molecule has 10 nitrogen and oxygen atoms in total. The maximum atomic E-state index is 12.5. The summed E-state index contributed by atoms with van der Waals surface area (Å²) < 4.78 is 0. The molecule has 156 valence electrons. The fourth-order valence-corrected chi connectivity index (χ4v) is 2.82. The van der Waals surface area contributed by atoms with Crippen LogP contribution < -0.4 is 0 Å². The summed E-state index contributed by atoms with van der Waals surface area (Å²) in [6.45, 7) is 5.45.